The van der Waals surface area contributed by atoms with Crippen LogP contribution >= 0.6 is 35.4 Å². The van der Waals surface area contributed by atoms with Crippen LogP contribution in [0.2, 0.25) is 10.0 Å². The van der Waals surface area contributed by atoms with E-state index in [1.807, 2.05) is 0 Å². The van der Waals surface area contributed by atoms with Gasteiger partial charge in [0.25, 0.3) is 0 Å². The van der Waals surface area contributed by atoms with Crippen molar-refractivity contribution >= 4 is 46.7 Å². The molecule has 0 aliphatic carbocycles. The summed E-state index contributed by atoms with van der Waals surface area (Å²) in [6.07, 6.45) is 3.74. The number of halogens is 2. The molecule has 0 aromatic heterocycles. The van der Waals surface area contributed by atoms with Crippen LogP contribution in [0.1, 0.15) is 25.3 Å². The third kappa shape index (κ3) is 5.21. The van der Waals surface area contributed by atoms with Crippen molar-refractivity contribution in [3.63, 3.8) is 0 Å². The van der Waals surface area contributed by atoms with Gasteiger partial charge in [0.2, 0.25) is 0 Å². The van der Waals surface area contributed by atoms with Crippen molar-refractivity contribution in [2.24, 2.45) is 5.10 Å². The molecule has 6 heteroatoms. The Kier molecular flexibility index (Phi) is 7.01. The maximum atomic E-state index is 6.00. The van der Waals surface area contributed by atoms with Gasteiger partial charge in [-0.05, 0) is 30.8 Å². The predicted octanol–water partition coefficient (Wildman–Crippen LogP) is 3.59. The van der Waals surface area contributed by atoms with E-state index in [4.69, 9.17) is 35.4 Å². The maximum absolute atomic E-state index is 6.00. The molecule has 1 aromatic carbocycles. The monoisotopic (exact) mass is 303 g/mol. The summed E-state index contributed by atoms with van der Waals surface area (Å²) in [7, 11) is 0. The van der Waals surface area contributed by atoms with Gasteiger partial charge in [-0.2, -0.15) is 5.10 Å². The summed E-state index contributed by atoms with van der Waals surface area (Å²) in [5, 5.41) is 8.63. The van der Waals surface area contributed by atoms with Crippen LogP contribution in [0.3, 0.4) is 0 Å². The standard InChI is InChI=1S/C12H15Cl2N3S/c1-2-3-7-15-12(18)17-16-8-9-10(13)5-4-6-11(9)14/h4-6,8H,2-3,7H2,1H3,(H2,15,17,18). The second-order valence-electron chi connectivity index (χ2n) is 3.61. The molecule has 0 fully saturated rings. The van der Waals surface area contributed by atoms with Crippen molar-refractivity contribution in [3.8, 4) is 0 Å². The van der Waals surface area contributed by atoms with Crippen molar-refractivity contribution in [1.82, 2.24) is 10.7 Å². The van der Waals surface area contributed by atoms with Crippen molar-refractivity contribution in [1.29, 1.82) is 0 Å². The van der Waals surface area contributed by atoms with Crippen molar-refractivity contribution in [2.75, 3.05) is 6.54 Å². The lowest BCUT2D eigenvalue weighted by molar-refractivity contribution is 0.745. The average molecular weight is 304 g/mol. The number of unbranched alkanes of at least 4 members (excludes halogenated alkanes) is 1. The van der Waals surface area contributed by atoms with Gasteiger partial charge < -0.3 is 5.32 Å². The molecule has 0 radical (unpaired) electrons. The van der Waals surface area contributed by atoms with E-state index in [1.165, 1.54) is 0 Å². The van der Waals surface area contributed by atoms with Crippen molar-refractivity contribution < 1.29 is 0 Å². The number of nitrogens with zero attached hydrogens (tertiary/aromatic N) is 1. The van der Waals surface area contributed by atoms with E-state index in [0.29, 0.717) is 20.7 Å². The molecule has 18 heavy (non-hydrogen) atoms. The predicted molar refractivity (Wildman–Crippen MR) is 82.7 cm³/mol. The normalized spacial score (nSPS) is 10.6. The molecule has 0 saturated heterocycles. The van der Waals surface area contributed by atoms with Crippen LogP contribution < -0.4 is 10.7 Å². The molecule has 1 aromatic rings. The zero-order valence-electron chi connectivity index (χ0n) is 10.0. The van der Waals surface area contributed by atoms with Gasteiger partial charge in [0.1, 0.15) is 0 Å². The van der Waals surface area contributed by atoms with E-state index in [0.717, 1.165) is 19.4 Å². The van der Waals surface area contributed by atoms with Gasteiger partial charge in [0, 0.05) is 12.1 Å². The highest BCUT2D eigenvalue weighted by Crippen LogP contribution is 2.21. The first kappa shape index (κ1) is 15.2. The Hall–Kier alpha value is -0.840. The first-order valence-corrected chi connectivity index (χ1v) is 6.82. The molecule has 0 atom stereocenters. The van der Waals surface area contributed by atoms with Gasteiger partial charge in [0.05, 0.1) is 16.3 Å². The average Bonchev–Trinajstić information content (AvgIpc) is 2.33. The van der Waals surface area contributed by atoms with E-state index in [2.05, 4.69) is 22.8 Å². The number of nitrogens with one attached hydrogen (secondary N) is 2. The fourth-order valence-electron chi connectivity index (χ4n) is 1.21. The Morgan fingerprint density at radius 3 is 2.67 bits per heavy atom. The van der Waals surface area contributed by atoms with Gasteiger partial charge in [0.15, 0.2) is 5.11 Å². The Balaban J connectivity index is 2.47. The lowest BCUT2D eigenvalue weighted by Gasteiger charge is -2.05. The van der Waals surface area contributed by atoms with Crippen LogP contribution in [0.15, 0.2) is 23.3 Å². The highest BCUT2D eigenvalue weighted by Gasteiger charge is 2.01. The van der Waals surface area contributed by atoms with Gasteiger partial charge >= 0.3 is 0 Å². The number of rotatable bonds is 5. The van der Waals surface area contributed by atoms with E-state index in [-0.39, 0.29) is 0 Å². The highest BCUT2D eigenvalue weighted by atomic mass is 35.5. The molecule has 3 nitrogen and oxygen atoms in total. The van der Waals surface area contributed by atoms with Gasteiger partial charge in [-0.3, -0.25) is 5.43 Å². The quantitative estimate of drug-likeness (QED) is 0.378. The summed E-state index contributed by atoms with van der Waals surface area (Å²) in [4.78, 5) is 0. The molecular formula is C12H15Cl2N3S. The minimum Gasteiger partial charge on any atom is -0.361 e. The Morgan fingerprint density at radius 2 is 2.06 bits per heavy atom. The summed E-state index contributed by atoms with van der Waals surface area (Å²) in [5.74, 6) is 0. The van der Waals surface area contributed by atoms with Crippen LogP contribution in [0.25, 0.3) is 0 Å². The molecule has 0 aliphatic heterocycles. The fraction of sp³-hybridized carbons (Fsp3) is 0.333. The summed E-state index contributed by atoms with van der Waals surface area (Å²) in [6, 6.07) is 5.30. The zero-order chi connectivity index (χ0) is 13.4. The summed E-state index contributed by atoms with van der Waals surface area (Å²) in [5.41, 5.74) is 3.39. The number of benzene rings is 1. The summed E-state index contributed by atoms with van der Waals surface area (Å²) in [6.45, 7) is 2.96. The Morgan fingerprint density at radius 1 is 1.39 bits per heavy atom. The number of hydrazone groups is 1. The van der Waals surface area contributed by atoms with E-state index in [9.17, 15) is 0 Å². The Bertz CT molecular complexity index is 415. The largest absolute Gasteiger partial charge is 0.361 e. The Labute approximate surface area is 123 Å². The molecular weight excluding hydrogens is 289 g/mol. The topological polar surface area (TPSA) is 36.4 Å². The second kappa shape index (κ2) is 8.29. The van der Waals surface area contributed by atoms with Crippen LogP contribution in [0.4, 0.5) is 0 Å². The zero-order valence-corrected chi connectivity index (χ0v) is 12.4. The molecule has 98 valence electrons. The molecule has 0 bridgehead atoms. The molecule has 0 unspecified atom stereocenters. The molecule has 0 spiro atoms. The fourth-order valence-corrected chi connectivity index (χ4v) is 1.86. The van der Waals surface area contributed by atoms with E-state index >= 15 is 0 Å². The van der Waals surface area contributed by atoms with Gasteiger partial charge in [-0.25, -0.2) is 0 Å². The summed E-state index contributed by atoms with van der Waals surface area (Å²) >= 11 is 17.0. The molecule has 2 N–H and O–H groups in total. The SMILES string of the molecule is CCCCNC(=S)NN=Cc1c(Cl)cccc1Cl. The number of hydrogen-bond acceptors (Lipinski definition) is 2. The third-order valence-electron chi connectivity index (χ3n) is 2.18. The van der Waals surface area contributed by atoms with Crippen LogP contribution in [0.5, 0.6) is 0 Å². The summed E-state index contributed by atoms with van der Waals surface area (Å²) < 4.78 is 0. The van der Waals surface area contributed by atoms with E-state index in [1.54, 1.807) is 24.4 Å². The van der Waals surface area contributed by atoms with Crippen molar-refractivity contribution in [3.05, 3.63) is 33.8 Å². The molecule has 0 heterocycles. The lowest BCUT2D eigenvalue weighted by Crippen LogP contribution is -2.32. The van der Waals surface area contributed by atoms with Crippen molar-refractivity contribution in [2.45, 2.75) is 19.8 Å². The van der Waals surface area contributed by atoms with Gasteiger partial charge in [-0.1, -0.05) is 42.6 Å². The van der Waals surface area contributed by atoms with Crippen LogP contribution in [-0.4, -0.2) is 17.9 Å². The lowest BCUT2D eigenvalue weighted by atomic mass is 10.2. The molecule has 0 saturated carbocycles. The van der Waals surface area contributed by atoms with E-state index < -0.39 is 0 Å². The second-order valence-corrected chi connectivity index (χ2v) is 4.84. The number of hydrogen-bond donors (Lipinski definition) is 2. The molecule has 0 aliphatic rings. The minimum absolute atomic E-state index is 0.489. The van der Waals surface area contributed by atoms with Crippen LogP contribution in [0, 0.1) is 0 Å². The molecule has 0 amide bonds. The third-order valence-corrected chi connectivity index (χ3v) is 3.07. The minimum atomic E-state index is 0.489. The number of thiocarbonyl (C=S) groups is 1. The van der Waals surface area contributed by atoms with Gasteiger partial charge in [-0.15, -0.1) is 0 Å². The first-order chi connectivity index (χ1) is 8.65. The highest BCUT2D eigenvalue weighted by molar-refractivity contribution is 7.80. The maximum Gasteiger partial charge on any atom is 0.186 e. The molecule has 1 rings (SSSR count). The van der Waals surface area contributed by atoms with Crippen LogP contribution in [-0.2, 0) is 0 Å². The first-order valence-electron chi connectivity index (χ1n) is 5.66. The smallest absolute Gasteiger partial charge is 0.186 e.